The maximum atomic E-state index is 9.16. The summed E-state index contributed by atoms with van der Waals surface area (Å²) in [4.78, 5) is 0. The molecule has 78 valence electrons. The normalized spacial score (nSPS) is 12.1. The van der Waals surface area contributed by atoms with Gasteiger partial charge in [-0.1, -0.05) is 30.3 Å². The molecule has 0 saturated carbocycles. The fourth-order valence-corrected chi connectivity index (χ4v) is 1.34. The van der Waals surface area contributed by atoms with Gasteiger partial charge in [-0.15, -0.1) is 0 Å². The summed E-state index contributed by atoms with van der Waals surface area (Å²) in [5.74, 6) is 0. The van der Waals surface area contributed by atoms with E-state index in [1.807, 2.05) is 0 Å². The minimum Gasteiger partial charge on any atom is -0.423 e. The standard InChI is InChI=1S/C9H12B2O4/c1-7(10(12)13)9(11(14)15)8-5-3-2-4-6-8/h2-6,12-15H,1H3/b9-7-. The van der Waals surface area contributed by atoms with E-state index in [9.17, 15) is 0 Å². The van der Waals surface area contributed by atoms with E-state index in [1.54, 1.807) is 30.3 Å². The van der Waals surface area contributed by atoms with Crippen molar-refractivity contribution in [1.82, 2.24) is 0 Å². The maximum Gasteiger partial charge on any atom is 0.488 e. The molecule has 0 fully saturated rings. The Kier molecular flexibility index (Phi) is 4.11. The van der Waals surface area contributed by atoms with E-state index in [4.69, 9.17) is 20.1 Å². The summed E-state index contributed by atoms with van der Waals surface area (Å²) in [6.45, 7) is 1.44. The molecule has 0 aliphatic heterocycles. The van der Waals surface area contributed by atoms with Gasteiger partial charge in [-0.25, -0.2) is 0 Å². The summed E-state index contributed by atoms with van der Waals surface area (Å²) >= 11 is 0. The lowest BCUT2D eigenvalue weighted by molar-refractivity contribution is 0.415. The van der Waals surface area contributed by atoms with E-state index in [0.717, 1.165) is 0 Å². The molecule has 0 heterocycles. The van der Waals surface area contributed by atoms with Crippen LogP contribution in [0.1, 0.15) is 12.5 Å². The van der Waals surface area contributed by atoms with E-state index >= 15 is 0 Å². The SMILES string of the molecule is C/C(B(O)O)=C(/B(O)O)c1ccccc1. The van der Waals surface area contributed by atoms with Crippen molar-refractivity contribution in [3.63, 3.8) is 0 Å². The van der Waals surface area contributed by atoms with Crippen molar-refractivity contribution in [1.29, 1.82) is 0 Å². The van der Waals surface area contributed by atoms with Crippen LogP contribution in [-0.2, 0) is 0 Å². The average molecular weight is 206 g/mol. The second-order valence-electron chi connectivity index (χ2n) is 3.21. The predicted octanol–water partition coefficient (Wildman–Crippen LogP) is -0.516. The molecule has 6 heteroatoms. The minimum atomic E-state index is -1.73. The molecule has 4 N–H and O–H groups in total. The number of rotatable bonds is 3. The number of allylic oxidation sites excluding steroid dienone is 1. The van der Waals surface area contributed by atoms with Crippen molar-refractivity contribution < 1.29 is 20.1 Å². The van der Waals surface area contributed by atoms with Gasteiger partial charge in [-0.05, 0) is 23.4 Å². The molecule has 0 saturated heterocycles. The van der Waals surface area contributed by atoms with E-state index in [1.165, 1.54) is 6.92 Å². The van der Waals surface area contributed by atoms with Crippen molar-refractivity contribution in [3.8, 4) is 0 Å². The molecule has 4 nitrogen and oxygen atoms in total. The molecule has 15 heavy (non-hydrogen) atoms. The third-order valence-electron chi connectivity index (χ3n) is 2.16. The molecule has 0 aliphatic carbocycles. The Morgan fingerprint density at radius 1 is 0.933 bits per heavy atom. The largest absolute Gasteiger partial charge is 0.488 e. The first kappa shape index (κ1) is 12.0. The topological polar surface area (TPSA) is 80.9 Å². The van der Waals surface area contributed by atoms with Crippen LogP contribution in [0.3, 0.4) is 0 Å². The van der Waals surface area contributed by atoms with Crippen molar-refractivity contribution in [2.75, 3.05) is 0 Å². The number of benzene rings is 1. The van der Waals surface area contributed by atoms with Gasteiger partial charge in [0.15, 0.2) is 0 Å². The first-order valence-corrected chi connectivity index (χ1v) is 4.52. The molecule has 1 aromatic carbocycles. The summed E-state index contributed by atoms with van der Waals surface area (Å²) in [6.07, 6.45) is 0. The molecule has 0 aliphatic rings. The zero-order valence-electron chi connectivity index (χ0n) is 8.33. The second kappa shape index (κ2) is 5.14. The average Bonchev–Trinajstić information content (AvgIpc) is 2.18. The molecule has 0 unspecified atom stereocenters. The minimum absolute atomic E-state index is 0.116. The van der Waals surface area contributed by atoms with Crippen LogP contribution in [0, 0.1) is 0 Å². The Morgan fingerprint density at radius 2 is 1.47 bits per heavy atom. The van der Waals surface area contributed by atoms with Gasteiger partial charge in [0.25, 0.3) is 0 Å². The van der Waals surface area contributed by atoms with Gasteiger partial charge in [0, 0.05) is 0 Å². The lowest BCUT2D eigenvalue weighted by atomic mass is 9.64. The van der Waals surface area contributed by atoms with Crippen molar-refractivity contribution in [3.05, 3.63) is 41.4 Å². The maximum absolute atomic E-state index is 9.16. The zero-order chi connectivity index (χ0) is 11.4. The molecule has 0 aromatic heterocycles. The Balaban J connectivity index is 3.21. The predicted molar refractivity (Wildman–Crippen MR) is 59.4 cm³/mol. The molecule has 0 spiro atoms. The van der Waals surface area contributed by atoms with Gasteiger partial charge in [-0.2, -0.15) is 0 Å². The third-order valence-corrected chi connectivity index (χ3v) is 2.16. The molecule has 0 bridgehead atoms. The molecule has 0 radical (unpaired) electrons. The van der Waals surface area contributed by atoms with Crippen molar-refractivity contribution >= 4 is 19.7 Å². The van der Waals surface area contributed by atoms with Gasteiger partial charge >= 0.3 is 14.2 Å². The van der Waals surface area contributed by atoms with E-state index in [0.29, 0.717) is 5.56 Å². The van der Waals surface area contributed by atoms with Gasteiger partial charge in [0.05, 0.1) is 0 Å². The summed E-state index contributed by atoms with van der Waals surface area (Å²) in [7, 11) is -3.42. The highest BCUT2D eigenvalue weighted by atomic mass is 16.4. The monoisotopic (exact) mass is 206 g/mol. The van der Waals surface area contributed by atoms with Crippen LogP contribution < -0.4 is 0 Å². The highest BCUT2D eigenvalue weighted by Gasteiger charge is 2.24. The van der Waals surface area contributed by atoms with Crippen LogP contribution in [0.5, 0.6) is 0 Å². The van der Waals surface area contributed by atoms with E-state index < -0.39 is 14.2 Å². The Labute approximate surface area is 88.8 Å². The number of hydrogen-bond donors (Lipinski definition) is 4. The van der Waals surface area contributed by atoms with Crippen LogP contribution in [0.25, 0.3) is 5.47 Å². The summed E-state index contributed by atoms with van der Waals surface area (Å²) in [6, 6.07) is 8.58. The summed E-state index contributed by atoms with van der Waals surface area (Å²) in [5.41, 5.74) is 0.792. The van der Waals surface area contributed by atoms with E-state index in [2.05, 4.69) is 0 Å². The van der Waals surface area contributed by atoms with Crippen molar-refractivity contribution in [2.24, 2.45) is 0 Å². The molecule has 1 rings (SSSR count). The second-order valence-corrected chi connectivity index (χ2v) is 3.21. The highest BCUT2D eigenvalue weighted by molar-refractivity contribution is 6.70. The van der Waals surface area contributed by atoms with Gasteiger partial charge in [0.1, 0.15) is 0 Å². The first-order chi connectivity index (χ1) is 7.04. The Morgan fingerprint density at radius 3 is 1.87 bits per heavy atom. The fourth-order valence-electron chi connectivity index (χ4n) is 1.34. The first-order valence-electron chi connectivity index (χ1n) is 4.52. The molecule has 0 amide bonds. The summed E-state index contributed by atoms with van der Waals surface area (Å²) < 4.78 is 0. The Hall–Kier alpha value is -1.07. The molecule has 1 aromatic rings. The molecule has 0 atom stereocenters. The number of hydrogen-bond acceptors (Lipinski definition) is 4. The van der Waals surface area contributed by atoms with Crippen LogP contribution in [-0.4, -0.2) is 34.3 Å². The van der Waals surface area contributed by atoms with Gasteiger partial charge in [0.2, 0.25) is 0 Å². The lowest BCUT2D eigenvalue weighted by Crippen LogP contribution is -2.23. The zero-order valence-corrected chi connectivity index (χ0v) is 8.33. The summed E-state index contributed by atoms with van der Waals surface area (Å²) in [5, 5.41) is 36.3. The molecular weight excluding hydrogens is 194 g/mol. The van der Waals surface area contributed by atoms with Crippen LogP contribution in [0.15, 0.2) is 35.8 Å². The van der Waals surface area contributed by atoms with Gasteiger partial charge in [-0.3, -0.25) is 0 Å². The quantitative estimate of drug-likeness (QED) is 0.501. The van der Waals surface area contributed by atoms with Crippen molar-refractivity contribution in [2.45, 2.75) is 6.92 Å². The lowest BCUT2D eigenvalue weighted by Gasteiger charge is -2.11. The molecular formula is C9H12B2O4. The smallest absolute Gasteiger partial charge is 0.423 e. The highest BCUT2D eigenvalue weighted by Crippen LogP contribution is 2.20. The van der Waals surface area contributed by atoms with Gasteiger partial charge < -0.3 is 20.1 Å². The van der Waals surface area contributed by atoms with Crippen LogP contribution >= 0.6 is 0 Å². The Bertz CT molecular complexity index is 348. The third kappa shape index (κ3) is 2.94. The van der Waals surface area contributed by atoms with Crippen LogP contribution in [0.4, 0.5) is 0 Å². The van der Waals surface area contributed by atoms with E-state index in [-0.39, 0.29) is 10.9 Å². The van der Waals surface area contributed by atoms with Crippen LogP contribution in [0.2, 0.25) is 0 Å². The fraction of sp³-hybridized carbons (Fsp3) is 0.111.